The molecule has 2 fully saturated rings. The zero-order valence-corrected chi connectivity index (χ0v) is 18.4. The van der Waals surface area contributed by atoms with Gasteiger partial charge >= 0.3 is 6.03 Å². The van der Waals surface area contributed by atoms with Crippen molar-refractivity contribution in [2.24, 2.45) is 5.92 Å². The molecule has 1 aliphatic carbocycles. The van der Waals surface area contributed by atoms with Gasteiger partial charge in [0.15, 0.2) is 0 Å². The van der Waals surface area contributed by atoms with Crippen molar-refractivity contribution in [1.29, 1.82) is 0 Å². The fraction of sp³-hybridized carbons (Fsp3) is 0.462. The predicted octanol–water partition coefficient (Wildman–Crippen LogP) is 3.68. The molecule has 3 aliphatic rings. The minimum atomic E-state index is -0.791. The molecule has 0 bridgehead atoms. The van der Waals surface area contributed by atoms with Gasteiger partial charge in [-0.1, -0.05) is 48.5 Å². The fourth-order valence-electron chi connectivity index (χ4n) is 5.70. The van der Waals surface area contributed by atoms with Crippen LogP contribution in [0.15, 0.2) is 48.5 Å². The van der Waals surface area contributed by atoms with Crippen LogP contribution in [0.25, 0.3) is 0 Å². The SMILES string of the molecule is Cc1ccccc1CN1CCC(C2(C)NC(=O)N(C3Cc4ccccc4C3)C2=O)CC1. The van der Waals surface area contributed by atoms with Gasteiger partial charge < -0.3 is 5.32 Å². The highest BCUT2D eigenvalue weighted by molar-refractivity contribution is 6.07. The number of fused-ring (bicyclic) bond motifs is 1. The lowest BCUT2D eigenvalue weighted by atomic mass is 9.78. The van der Waals surface area contributed by atoms with Gasteiger partial charge in [-0.3, -0.25) is 14.6 Å². The van der Waals surface area contributed by atoms with Crippen molar-refractivity contribution in [2.75, 3.05) is 13.1 Å². The Morgan fingerprint density at radius 3 is 2.23 bits per heavy atom. The average molecular weight is 418 g/mol. The summed E-state index contributed by atoms with van der Waals surface area (Å²) in [5.74, 6) is 0.138. The molecule has 2 saturated heterocycles. The molecule has 5 nitrogen and oxygen atoms in total. The molecule has 5 heteroatoms. The minimum Gasteiger partial charge on any atom is -0.323 e. The molecule has 0 spiro atoms. The van der Waals surface area contributed by atoms with E-state index in [0.717, 1.165) is 45.3 Å². The number of rotatable bonds is 4. The Morgan fingerprint density at radius 2 is 1.58 bits per heavy atom. The summed E-state index contributed by atoms with van der Waals surface area (Å²) < 4.78 is 0. The fourth-order valence-corrected chi connectivity index (χ4v) is 5.70. The first kappa shape index (κ1) is 20.3. The van der Waals surface area contributed by atoms with Gasteiger partial charge in [-0.25, -0.2) is 4.79 Å². The van der Waals surface area contributed by atoms with Crippen LogP contribution >= 0.6 is 0 Å². The zero-order chi connectivity index (χ0) is 21.6. The van der Waals surface area contributed by atoms with Gasteiger partial charge in [-0.15, -0.1) is 0 Å². The van der Waals surface area contributed by atoms with E-state index in [0.29, 0.717) is 0 Å². The number of likely N-dealkylation sites (tertiary alicyclic amines) is 1. The van der Waals surface area contributed by atoms with E-state index in [4.69, 9.17) is 0 Å². The molecule has 1 atom stereocenters. The van der Waals surface area contributed by atoms with Gasteiger partial charge in [0.25, 0.3) is 5.91 Å². The van der Waals surface area contributed by atoms with Gasteiger partial charge in [-0.2, -0.15) is 0 Å². The van der Waals surface area contributed by atoms with Crippen LogP contribution in [0.4, 0.5) is 4.79 Å². The molecule has 1 N–H and O–H groups in total. The molecular weight excluding hydrogens is 386 g/mol. The van der Waals surface area contributed by atoms with Crippen LogP contribution in [-0.2, 0) is 24.2 Å². The van der Waals surface area contributed by atoms with Gasteiger partial charge in [0.2, 0.25) is 0 Å². The number of hydrogen-bond donors (Lipinski definition) is 1. The molecule has 0 saturated carbocycles. The lowest BCUT2D eigenvalue weighted by Crippen LogP contribution is -2.54. The van der Waals surface area contributed by atoms with Crippen molar-refractivity contribution in [2.45, 2.75) is 57.7 Å². The molecule has 2 aromatic carbocycles. The Hall–Kier alpha value is -2.66. The summed E-state index contributed by atoms with van der Waals surface area (Å²) in [7, 11) is 0. The number of carbonyl (C=O) groups is 2. The maximum Gasteiger partial charge on any atom is 0.325 e. The second-order valence-corrected chi connectivity index (χ2v) is 9.62. The van der Waals surface area contributed by atoms with Gasteiger partial charge in [0, 0.05) is 12.6 Å². The summed E-state index contributed by atoms with van der Waals surface area (Å²) in [5.41, 5.74) is 4.41. The van der Waals surface area contributed by atoms with Crippen LogP contribution in [0, 0.1) is 12.8 Å². The van der Waals surface area contributed by atoms with Crippen molar-refractivity contribution < 1.29 is 9.59 Å². The van der Waals surface area contributed by atoms with E-state index in [1.807, 2.05) is 19.1 Å². The lowest BCUT2D eigenvalue weighted by molar-refractivity contribution is -0.134. The van der Waals surface area contributed by atoms with Crippen molar-refractivity contribution in [3.05, 3.63) is 70.8 Å². The standard InChI is InChI=1S/C26H31N3O2/c1-18-7-3-4-10-21(18)17-28-13-11-22(12-14-28)26(2)24(30)29(25(31)27-26)23-15-19-8-5-6-9-20(19)16-23/h3-10,22-23H,11-17H2,1-2H3,(H,27,31). The molecule has 31 heavy (non-hydrogen) atoms. The molecular formula is C26H31N3O2. The Balaban J connectivity index is 1.24. The molecule has 2 heterocycles. The molecule has 162 valence electrons. The summed E-state index contributed by atoms with van der Waals surface area (Å²) >= 11 is 0. The summed E-state index contributed by atoms with van der Waals surface area (Å²) in [4.78, 5) is 30.4. The summed E-state index contributed by atoms with van der Waals surface area (Å²) in [6.45, 7) is 6.95. The minimum absolute atomic E-state index is 0.0346. The first-order valence-electron chi connectivity index (χ1n) is 11.4. The Morgan fingerprint density at radius 1 is 0.968 bits per heavy atom. The van der Waals surface area contributed by atoms with Crippen LogP contribution in [0.2, 0.25) is 0 Å². The Kier molecular flexibility index (Phi) is 5.09. The number of aryl methyl sites for hydroxylation is 1. The summed E-state index contributed by atoms with van der Waals surface area (Å²) in [5, 5.41) is 3.10. The highest BCUT2D eigenvalue weighted by Crippen LogP contribution is 2.37. The van der Waals surface area contributed by atoms with Crippen molar-refractivity contribution in [1.82, 2.24) is 15.1 Å². The molecule has 0 radical (unpaired) electrons. The van der Waals surface area contributed by atoms with E-state index in [-0.39, 0.29) is 23.9 Å². The van der Waals surface area contributed by atoms with E-state index < -0.39 is 5.54 Å². The van der Waals surface area contributed by atoms with Gasteiger partial charge in [0.1, 0.15) is 5.54 Å². The largest absolute Gasteiger partial charge is 0.325 e. The molecule has 3 amide bonds. The molecule has 5 rings (SSSR count). The third-order valence-corrected chi connectivity index (χ3v) is 7.70. The zero-order valence-electron chi connectivity index (χ0n) is 18.4. The predicted molar refractivity (Wildman–Crippen MR) is 121 cm³/mol. The number of nitrogens with zero attached hydrogens (tertiary/aromatic N) is 2. The second kappa shape index (κ2) is 7.79. The first-order valence-corrected chi connectivity index (χ1v) is 11.4. The number of imide groups is 1. The van der Waals surface area contributed by atoms with Crippen LogP contribution in [0.3, 0.4) is 0 Å². The summed E-state index contributed by atoms with van der Waals surface area (Å²) in [6.07, 6.45) is 3.38. The average Bonchev–Trinajstić information content (AvgIpc) is 3.28. The topological polar surface area (TPSA) is 52.7 Å². The number of nitrogens with one attached hydrogen (secondary N) is 1. The number of piperidine rings is 1. The van der Waals surface area contributed by atoms with Crippen molar-refractivity contribution in [3.8, 4) is 0 Å². The number of amides is 3. The first-order chi connectivity index (χ1) is 15.0. The maximum atomic E-state index is 13.5. The smallest absolute Gasteiger partial charge is 0.323 e. The number of urea groups is 1. The second-order valence-electron chi connectivity index (χ2n) is 9.62. The monoisotopic (exact) mass is 417 g/mol. The van der Waals surface area contributed by atoms with Crippen LogP contribution < -0.4 is 5.32 Å². The van der Waals surface area contributed by atoms with E-state index in [2.05, 4.69) is 53.5 Å². The maximum absolute atomic E-state index is 13.5. The molecule has 2 aliphatic heterocycles. The molecule has 2 aromatic rings. The number of carbonyl (C=O) groups excluding carboxylic acids is 2. The Bertz CT molecular complexity index is 986. The van der Waals surface area contributed by atoms with Crippen LogP contribution in [0.1, 0.15) is 42.0 Å². The van der Waals surface area contributed by atoms with Gasteiger partial charge in [0.05, 0.1) is 0 Å². The molecule has 1 unspecified atom stereocenters. The highest BCUT2D eigenvalue weighted by Gasteiger charge is 2.55. The normalized spacial score (nSPS) is 25.2. The van der Waals surface area contributed by atoms with E-state index in [9.17, 15) is 9.59 Å². The number of hydrogen-bond acceptors (Lipinski definition) is 3. The highest BCUT2D eigenvalue weighted by atomic mass is 16.2. The van der Waals surface area contributed by atoms with Crippen molar-refractivity contribution >= 4 is 11.9 Å². The van der Waals surface area contributed by atoms with Crippen LogP contribution in [-0.4, -0.2) is 46.4 Å². The number of benzene rings is 2. The lowest BCUT2D eigenvalue weighted by Gasteiger charge is -2.39. The quantitative estimate of drug-likeness (QED) is 0.772. The Labute approximate surface area is 184 Å². The van der Waals surface area contributed by atoms with Crippen molar-refractivity contribution in [3.63, 3.8) is 0 Å². The van der Waals surface area contributed by atoms with E-state index >= 15 is 0 Å². The third-order valence-electron chi connectivity index (χ3n) is 7.70. The van der Waals surface area contributed by atoms with E-state index in [1.165, 1.54) is 27.2 Å². The van der Waals surface area contributed by atoms with E-state index in [1.54, 1.807) is 0 Å². The summed E-state index contributed by atoms with van der Waals surface area (Å²) in [6, 6.07) is 16.5. The molecule has 0 aromatic heterocycles. The van der Waals surface area contributed by atoms with Crippen LogP contribution in [0.5, 0.6) is 0 Å². The third kappa shape index (κ3) is 3.55. The van der Waals surface area contributed by atoms with Gasteiger partial charge in [-0.05, 0) is 80.8 Å².